The number of amides is 1. The lowest BCUT2D eigenvalue weighted by Gasteiger charge is -2.44. The minimum Gasteiger partial charge on any atom is -0.487 e. The van der Waals surface area contributed by atoms with Crippen molar-refractivity contribution in [2.24, 2.45) is 0 Å². The van der Waals surface area contributed by atoms with Crippen LogP contribution in [-0.4, -0.2) is 29.5 Å². The van der Waals surface area contributed by atoms with Gasteiger partial charge in [-0.15, -0.1) is 0 Å². The highest BCUT2D eigenvalue weighted by molar-refractivity contribution is 5.87. The maximum atomic E-state index is 11.9. The summed E-state index contributed by atoms with van der Waals surface area (Å²) in [6.07, 6.45) is 7.47. The average Bonchev–Trinajstić information content (AvgIpc) is 2.48. The van der Waals surface area contributed by atoms with Crippen molar-refractivity contribution in [3.05, 3.63) is 42.0 Å². The van der Waals surface area contributed by atoms with Crippen LogP contribution in [0, 0.1) is 0 Å². The van der Waals surface area contributed by atoms with Crippen LogP contribution in [0.4, 0.5) is 0 Å². The van der Waals surface area contributed by atoms with E-state index in [2.05, 4.69) is 18.2 Å². The van der Waals surface area contributed by atoms with Gasteiger partial charge >= 0.3 is 0 Å². The number of ether oxygens (including phenoxy) is 1. The molecule has 20 heavy (non-hydrogen) atoms. The molecule has 1 saturated heterocycles. The smallest absolute Gasteiger partial charge is 0.246 e. The van der Waals surface area contributed by atoms with Crippen molar-refractivity contribution in [1.82, 2.24) is 4.90 Å². The fourth-order valence-corrected chi connectivity index (χ4v) is 3.19. The van der Waals surface area contributed by atoms with Crippen molar-refractivity contribution in [2.75, 3.05) is 13.1 Å². The zero-order chi connectivity index (χ0) is 14.0. The van der Waals surface area contributed by atoms with Crippen molar-refractivity contribution in [3.63, 3.8) is 0 Å². The quantitative estimate of drug-likeness (QED) is 0.735. The van der Waals surface area contributed by atoms with Crippen LogP contribution in [0.3, 0.4) is 0 Å². The van der Waals surface area contributed by atoms with Crippen molar-refractivity contribution in [1.29, 1.82) is 0 Å². The number of allylic oxidation sites excluding steroid dienone is 1. The Morgan fingerprint density at radius 3 is 2.75 bits per heavy atom. The van der Waals surface area contributed by atoms with Crippen molar-refractivity contribution in [3.8, 4) is 5.75 Å². The molecule has 106 valence electrons. The van der Waals surface area contributed by atoms with Crippen LogP contribution in [0.15, 0.2) is 36.4 Å². The molecule has 1 aromatic rings. The number of para-hydroxylation sites is 1. The van der Waals surface area contributed by atoms with Gasteiger partial charge in [-0.3, -0.25) is 4.79 Å². The number of fused-ring (bicyclic) bond motifs is 1. The van der Waals surface area contributed by atoms with E-state index in [4.69, 9.17) is 4.74 Å². The minimum atomic E-state index is -0.0545. The van der Waals surface area contributed by atoms with Gasteiger partial charge in [-0.1, -0.05) is 24.3 Å². The molecule has 1 amide bonds. The number of likely N-dealkylation sites (tertiary alicyclic amines) is 1. The average molecular weight is 271 g/mol. The molecule has 3 heteroatoms. The Kier molecular flexibility index (Phi) is 3.51. The van der Waals surface area contributed by atoms with Gasteiger partial charge in [0.05, 0.1) is 0 Å². The lowest BCUT2D eigenvalue weighted by molar-refractivity contribution is -0.129. The molecular weight excluding hydrogens is 250 g/mol. The molecule has 3 nitrogen and oxygen atoms in total. The Balaban J connectivity index is 1.68. The number of carbonyl (C=O) groups is 1. The highest BCUT2D eigenvalue weighted by Gasteiger charge is 2.39. The van der Waals surface area contributed by atoms with E-state index in [1.54, 1.807) is 12.2 Å². The monoisotopic (exact) mass is 271 g/mol. The van der Waals surface area contributed by atoms with E-state index in [0.29, 0.717) is 0 Å². The van der Waals surface area contributed by atoms with E-state index in [1.165, 1.54) is 5.56 Å². The van der Waals surface area contributed by atoms with Gasteiger partial charge in [-0.05, 0) is 37.5 Å². The van der Waals surface area contributed by atoms with Crippen LogP contribution < -0.4 is 4.74 Å². The molecule has 3 rings (SSSR count). The van der Waals surface area contributed by atoms with E-state index in [9.17, 15) is 4.79 Å². The summed E-state index contributed by atoms with van der Waals surface area (Å²) in [6.45, 7) is 3.47. The second-order valence-electron chi connectivity index (χ2n) is 5.72. The van der Waals surface area contributed by atoms with Gasteiger partial charge in [0.2, 0.25) is 5.91 Å². The molecule has 0 unspecified atom stereocenters. The third-order valence-electron chi connectivity index (χ3n) is 4.44. The topological polar surface area (TPSA) is 29.5 Å². The molecule has 2 heterocycles. The lowest BCUT2D eigenvalue weighted by atomic mass is 9.83. The van der Waals surface area contributed by atoms with Gasteiger partial charge in [-0.25, -0.2) is 0 Å². The standard InChI is InChI=1S/C17H21NO2/c1-2-5-16(19)18-12-10-17(11-13-18)9-8-14-6-3-4-7-15(14)20-17/h2-7H,8-13H2,1H3/b5-2+. The Morgan fingerprint density at radius 1 is 1.25 bits per heavy atom. The predicted molar refractivity (Wildman–Crippen MR) is 78.8 cm³/mol. The van der Waals surface area contributed by atoms with Gasteiger partial charge in [0.25, 0.3) is 0 Å². The first-order valence-corrected chi connectivity index (χ1v) is 7.41. The van der Waals surface area contributed by atoms with Crippen LogP contribution >= 0.6 is 0 Å². The van der Waals surface area contributed by atoms with E-state index in [-0.39, 0.29) is 11.5 Å². The van der Waals surface area contributed by atoms with Gasteiger partial charge in [-0.2, -0.15) is 0 Å². The zero-order valence-corrected chi connectivity index (χ0v) is 12.0. The Bertz CT molecular complexity index is 528. The van der Waals surface area contributed by atoms with Gasteiger partial charge in [0, 0.05) is 25.9 Å². The molecule has 0 saturated carbocycles. The van der Waals surface area contributed by atoms with Gasteiger partial charge in [0.1, 0.15) is 11.4 Å². The molecule has 0 bridgehead atoms. The molecule has 0 atom stereocenters. The Labute approximate surface area is 120 Å². The van der Waals surface area contributed by atoms with Crippen LogP contribution in [0.25, 0.3) is 0 Å². The summed E-state index contributed by atoms with van der Waals surface area (Å²) >= 11 is 0. The number of hydrogen-bond donors (Lipinski definition) is 0. The predicted octanol–water partition coefficient (Wildman–Crippen LogP) is 2.95. The first kappa shape index (κ1) is 13.2. The maximum Gasteiger partial charge on any atom is 0.246 e. The number of benzene rings is 1. The molecule has 0 N–H and O–H groups in total. The summed E-state index contributed by atoms with van der Waals surface area (Å²) in [7, 11) is 0. The lowest BCUT2D eigenvalue weighted by Crippen LogP contribution is -2.50. The van der Waals surface area contributed by atoms with Crippen molar-refractivity contribution in [2.45, 2.75) is 38.2 Å². The normalized spacial score (nSPS) is 20.8. The van der Waals surface area contributed by atoms with E-state index in [0.717, 1.165) is 44.5 Å². The van der Waals surface area contributed by atoms with Gasteiger partial charge in [0.15, 0.2) is 0 Å². The molecule has 1 spiro atoms. The van der Waals surface area contributed by atoms with Gasteiger partial charge < -0.3 is 9.64 Å². The summed E-state index contributed by atoms with van der Waals surface area (Å²) in [4.78, 5) is 13.8. The molecule has 2 aliphatic heterocycles. The first-order chi connectivity index (χ1) is 9.72. The largest absolute Gasteiger partial charge is 0.487 e. The molecule has 0 aromatic heterocycles. The van der Waals surface area contributed by atoms with Crippen LogP contribution in [0.5, 0.6) is 5.75 Å². The second kappa shape index (κ2) is 5.31. The number of aryl methyl sites for hydroxylation is 1. The third-order valence-corrected chi connectivity index (χ3v) is 4.44. The molecule has 1 aromatic carbocycles. The number of piperidine rings is 1. The summed E-state index contributed by atoms with van der Waals surface area (Å²) in [5.74, 6) is 1.16. The highest BCUT2D eigenvalue weighted by Crippen LogP contribution is 2.39. The molecule has 2 aliphatic rings. The van der Waals surface area contributed by atoms with Crippen LogP contribution in [-0.2, 0) is 11.2 Å². The number of hydrogen-bond acceptors (Lipinski definition) is 2. The first-order valence-electron chi connectivity index (χ1n) is 7.41. The summed E-state index contributed by atoms with van der Waals surface area (Å²) < 4.78 is 6.29. The van der Waals surface area contributed by atoms with Crippen molar-refractivity contribution < 1.29 is 9.53 Å². The van der Waals surface area contributed by atoms with E-state index in [1.807, 2.05) is 17.9 Å². The Morgan fingerprint density at radius 2 is 2.00 bits per heavy atom. The second-order valence-corrected chi connectivity index (χ2v) is 5.72. The molecule has 1 fully saturated rings. The molecule has 0 radical (unpaired) electrons. The number of carbonyl (C=O) groups excluding carboxylic acids is 1. The van der Waals surface area contributed by atoms with Crippen molar-refractivity contribution >= 4 is 5.91 Å². The van der Waals surface area contributed by atoms with E-state index < -0.39 is 0 Å². The Hall–Kier alpha value is -1.77. The third kappa shape index (κ3) is 2.45. The fourth-order valence-electron chi connectivity index (χ4n) is 3.19. The van der Waals surface area contributed by atoms with Crippen LogP contribution in [0.2, 0.25) is 0 Å². The molecular formula is C17H21NO2. The SMILES string of the molecule is C/C=C/C(=O)N1CCC2(CCc3ccccc3O2)CC1. The summed E-state index contributed by atoms with van der Waals surface area (Å²) in [5, 5.41) is 0. The summed E-state index contributed by atoms with van der Waals surface area (Å²) in [6, 6.07) is 8.31. The van der Waals surface area contributed by atoms with Crippen LogP contribution in [0.1, 0.15) is 31.7 Å². The highest BCUT2D eigenvalue weighted by atomic mass is 16.5. The molecule has 0 aliphatic carbocycles. The fraction of sp³-hybridized carbons (Fsp3) is 0.471. The summed E-state index contributed by atoms with van der Waals surface area (Å²) in [5.41, 5.74) is 1.26. The minimum absolute atomic E-state index is 0.0545. The zero-order valence-electron chi connectivity index (χ0n) is 12.0. The maximum absolute atomic E-state index is 11.9. The number of nitrogens with zero attached hydrogens (tertiary/aromatic N) is 1. The number of rotatable bonds is 1. The van der Waals surface area contributed by atoms with E-state index >= 15 is 0 Å².